The van der Waals surface area contributed by atoms with Crippen molar-refractivity contribution in [3.63, 3.8) is 0 Å². The van der Waals surface area contributed by atoms with Gasteiger partial charge < -0.3 is 30.3 Å². The largest absolute Gasteiger partial charge is 0.481 e. The van der Waals surface area contributed by atoms with Gasteiger partial charge in [0.25, 0.3) is 0 Å². The number of methoxy groups -OCH3 is 1. The highest BCUT2D eigenvalue weighted by Gasteiger charge is 2.34. The molecule has 0 aromatic rings. The molecule has 0 aliphatic rings. The molecular weight excluding hydrogens is 308 g/mol. The molecule has 0 saturated heterocycles. The van der Waals surface area contributed by atoms with Crippen LogP contribution in [0.2, 0.25) is 0 Å². The van der Waals surface area contributed by atoms with Crippen molar-refractivity contribution in [2.45, 2.75) is 69.4 Å². The summed E-state index contributed by atoms with van der Waals surface area (Å²) in [5.41, 5.74) is 0. The Hall–Kier alpha value is -1.06. The highest BCUT2D eigenvalue weighted by atomic mass is 16.5. The van der Waals surface area contributed by atoms with Crippen molar-refractivity contribution >= 4 is 11.8 Å². The Morgan fingerprint density at radius 3 is 2.09 bits per heavy atom. The minimum atomic E-state index is -1.61. The van der Waals surface area contributed by atoms with Crippen molar-refractivity contribution in [2.24, 2.45) is 0 Å². The Morgan fingerprint density at radius 2 is 1.57 bits per heavy atom. The molecule has 0 aromatic heterocycles. The number of carbonyl (C=O) groups excluding carboxylic acids is 1. The van der Waals surface area contributed by atoms with Crippen LogP contribution in [0.3, 0.4) is 0 Å². The number of ether oxygens (including phenoxy) is 1. The van der Waals surface area contributed by atoms with Gasteiger partial charge in [0, 0.05) is 13.5 Å². The molecule has 0 saturated carbocycles. The Kier molecular flexibility index (Phi) is 11.8. The van der Waals surface area contributed by atoms with E-state index in [1.165, 1.54) is 7.11 Å². The highest BCUT2D eigenvalue weighted by Crippen LogP contribution is 2.13. The molecule has 4 atom stereocenters. The molecule has 23 heavy (non-hydrogen) atoms. The Balaban J connectivity index is 4.06. The van der Waals surface area contributed by atoms with Gasteiger partial charge in [0.2, 0.25) is 0 Å². The average molecular weight is 336 g/mol. The van der Waals surface area contributed by atoms with E-state index in [4.69, 9.17) is 14.9 Å². The molecule has 0 amide bonds. The van der Waals surface area contributed by atoms with E-state index >= 15 is 0 Å². The lowest BCUT2D eigenvalue weighted by molar-refractivity contribution is -0.152. The topological polar surface area (TPSA) is 145 Å². The minimum Gasteiger partial charge on any atom is -0.481 e. The molecule has 8 heteroatoms. The van der Waals surface area contributed by atoms with Crippen LogP contribution in [0.1, 0.15) is 44.9 Å². The number of aliphatic hydroxyl groups excluding tert-OH is 4. The van der Waals surface area contributed by atoms with Crippen molar-refractivity contribution in [2.75, 3.05) is 13.7 Å². The van der Waals surface area contributed by atoms with E-state index in [2.05, 4.69) is 0 Å². The normalized spacial score (nSPS) is 16.6. The van der Waals surface area contributed by atoms with Crippen molar-refractivity contribution in [3.8, 4) is 0 Å². The lowest BCUT2D eigenvalue weighted by Gasteiger charge is -2.25. The number of rotatable bonds is 14. The zero-order valence-corrected chi connectivity index (χ0v) is 13.4. The summed E-state index contributed by atoms with van der Waals surface area (Å²) in [6.45, 7) is -0.721. The van der Waals surface area contributed by atoms with Gasteiger partial charge in [0.1, 0.15) is 24.4 Å². The van der Waals surface area contributed by atoms with Crippen molar-refractivity contribution < 1.29 is 39.9 Å². The third-order valence-corrected chi connectivity index (χ3v) is 3.62. The van der Waals surface area contributed by atoms with E-state index in [-0.39, 0.29) is 12.8 Å². The maximum absolute atomic E-state index is 12.0. The number of carboxylic acid groups (broad SMARTS) is 1. The molecule has 0 aliphatic heterocycles. The first-order chi connectivity index (χ1) is 10.8. The van der Waals surface area contributed by atoms with Gasteiger partial charge in [-0.1, -0.05) is 25.7 Å². The van der Waals surface area contributed by atoms with E-state index in [0.717, 1.165) is 19.3 Å². The molecule has 0 aliphatic carbocycles. The summed E-state index contributed by atoms with van der Waals surface area (Å²) in [4.78, 5) is 22.3. The van der Waals surface area contributed by atoms with Gasteiger partial charge in [-0.3, -0.25) is 9.59 Å². The molecule has 0 heterocycles. The molecular formula is C15H28O8. The van der Waals surface area contributed by atoms with Gasteiger partial charge >= 0.3 is 5.97 Å². The van der Waals surface area contributed by atoms with Crippen LogP contribution in [-0.4, -0.2) is 75.4 Å². The predicted molar refractivity (Wildman–Crippen MR) is 80.9 cm³/mol. The SMILES string of the molecule is CO[C@H](C(=O)C(O)CCCCCCCC(=O)O)[C@H](O)[C@H](O)CO. The molecule has 0 fully saturated rings. The van der Waals surface area contributed by atoms with Gasteiger partial charge in [-0.25, -0.2) is 0 Å². The van der Waals surface area contributed by atoms with Gasteiger partial charge in [-0.15, -0.1) is 0 Å². The third-order valence-electron chi connectivity index (χ3n) is 3.62. The Labute approximate surface area is 135 Å². The van der Waals surface area contributed by atoms with Gasteiger partial charge in [0.15, 0.2) is 5.78 Å². The number of aliphatic carboxylic acids is 1. The van der Waals surface area contributed by atoms with Crippen LogP contribution in [0.25, 0.3) is 0 Å². The standard InChI is InChI=1S/C15H28O8/c1-23-15(14(22)11(18)9-16)13(21)10(17)7-5-3-2-4-6-8-12(19)20/h10-11,14-18,22H,2-9H2,1H3,(H,19,20)/t10?,11-,14-,15-/m1/s1. The molecule has 1 unspecified atom stereocenters. The van der Waals surface area contributed by atoms with Crippen molar-refractivity contribution in [3.05, 3.63) is 0 Å². The summed E-state index contributed by atoms with van der Waals surface area (Å²) < 4.78 is 4.81. The second kappa shape index (κ2) is 12.4. The number of unbranched alkanes of at least 4 members (excludes halogenated alkanes) is 4. The number of carboxylic acids is 1. The number of carbonyl (C=O) groups is 2. The second-order valence-electron chi connectivity index (χ2n) is 5.52. The van der Waals surface area contributed by atoms with Crippen LogP contribution in [0.4, 0.5) is 0 Å². The molecule has 0 radical (unpaired) electrons. The maximum atomic E-state index is 12.0. The van der Waals surface area contributed by atoms with Crippen LogP contribution < -0.4 is 0 Å². The first-order valence-electron chi connectivity index (χ1n) is 7.78. The zero-order chi connectivity index (χ0) is 17.8. The summed E-state index contributed by atoms with van der Waals surface area (Å²) in [7, 11) is 1.17. The number of hydrogen-bond donors (Lipinski definition) is 5. The van der Waals surface area contributed by atoms with Crippen LogP contribution in [0.15, 0.2) is 0 Å². The van der Waals surface area contributed by atoms with Gasteiger partial charge in [-0.2, -0.15) is 0 Å². The first kappa shape index (κ1) is 21.9. The number of ketones is 1. The number of Topliss-reactive ketones (excluding diaryl/α,β-unsaturated/α-hetero) is 1. The molecule has 0 rings (SSSR count). The second-order valence-corrected chi connectivity index (χ2v) is 5.52. The maximum Gasteiger partial charge on any atom is 0.303 e. The summed E-state index contributed by atoms with van der Waals surface area (Å²) >= 11 is 0. The van der Waals surface area contributed by atoms with Gasteiger partial charge in [-0.05, 0) is 12.8 Å². The van der Waals surface area contributed by atoms with E-state index in [0.29, 0.717) is 12.8 Å². The van der Waals surface area contributed by atoms with E-state index < -0.39 is 42.8 Å². The van der Waals surface area contributed by atoms with Gasteiger partial charge in [0.05, 0.1) is 6.61 Å². The summed E-state index contributed by atoms with van der Waals surface area (Å²) in [6, 6.07) is 0. The molecule has 8 nitrogen and oxygen atoms in total. The van der Waals surface area contributed by atoms with Crippen molar-refractivity contribution in [1.29, 1.82) is 0 Å². The predicted octanol–water partition coefficient (Wildman–Crippen LogP) is -0.539. The lowest BCUT2D eigenvalue weighted by Crippen LogP contribution is -2.48. The Morgan fingerprint density at radius 1 is 1.00 bits per heavy atom. The lowest BCUT2D eigenvalue weighted by atomic mass is 9.97. The number of hydrogen-bond acceptors (Lipinski definition) is 7. The minimum absolute atomic E-state index is 0.141. The van der Waals surface area contributed by atoms with Crippen molar-refractivity contribution in [1.82, 2.24) is 0 Å². The molecule has 5 N–H and O–H groups in total. The van der Waals surface area contributed by atoms with Crippen LogP contribution in [-0.2, 0) is 14.3 Å². The van der Waals surface area contributed by atoms with E-state index in [1.807, 2.05) is 0 Å². The highest BCUT2D eigenvalue weighted by molar-refractivity contribution is 5.87. The zero-order valence-electron chi connectivity index (χ0n) is 13.4. The van der Waals surface area contributed by atoms with Crippen LogP contribution in [0.5, 0.6) is 0 Å². The van der Waals surface area contributed by atoms with Crippen LogP contribution >= 0.6 is 0 Å². The molecule has 0 spiro atoms. The molecule has 0 bridgehead atoms. The summed E-state index contributed by atoms with van der Waals surface area (Å²) in [5.74, 6) is -1.56. The first-order valence-corrected chi connectivity index (χ1v) is 7.78. The monoisotopic (exact) mass is 336 g/mol. The number of aliphatic hydroxyl groups is 4. The fraction of sp³-hybridized carbons (Fsp3) is 0.867. The molecule has 0 aromatic carbocycles. The van der Waals surface area contributed by atoms with E-state index in [9.17, 15) is 24.9 Å². The third kappa shape index (κ3) is 8.97. The van der Waals surface area contributed by atoms with Crippen LogP contribution in [0, 0.1) is 0 Å². The average Bonchev–Trinajstić information content (AvgIpc) is 2.52. The summed E-state index contributed by atoms with van der Waals surface area (Å²) in [5, 5.41) is 46.1. The van der Waals surface area contributed by atoms with E-state index in [1.54, 1.807) is 0 Å². The fourth-order valence-corrected chi connectivity index (χ4v) is 2.21. The smallest absolute Gasteiger partial charge is 0.303 e. The molecule has 136 valence electrons. The Bertz CT molecular complexity index is 346. The summed E-state index contributed by atoms with van der Waals surface area (Å²) in [6.07, 6.45) is -1.99. The fourth-order valence-electron chi connectivity index (χ4n) is 2.21. The quantitative estimate of drug-likeness (QED) is 0.266.